The molecule has 0 saturated carbocycles. The number of carbonyl (C=O) groups excluding carboxylic acids is 1. The van der Waals surface area contributed by atoms with Crippen LogP contribution >= 0.6 is 12.4 Å². The van der Waals surface area contributed by atoms with Gasteiger partial charge in [-0.1, -0.05) is 36.8 Å². The summed E-state index contributed by atoms with van der Waals surface area (Å²) in [6, 6.07) is 11.6. The van der Waals surface area contributed by atoms with Gasteiger partial charge in [-0.3, -0.25) is 9.69 Å². The molecule has 2 bridgehead atoms. The maximum absolute atomic E-state index is 11.6. The van der Waals surface area contributed by atoms with Crippen LogP contribution in [-0.4, -0.2) is 22.8 Å². The molecule has 2 fully saturated rings. The maximum atomic E-state index is 11.6. The van der Waals surface area contributed by atoms with E-state index in [2.05, 4.69) is 35.2 Å². The van der Waals surface area contributed by atoms with Crippen LogP contribution in [0.15, 0.2) is 30.3 Å². The Bertz CT molecular complexity index is 390. The van der Waals surface area contributed by atoms with Gasteiger partial charge < -0.3 is 0 Å². The van der Waals surface area contributed by atoms with Crippen LogP contribution in [-0.2, 0) is 11.3 Å². The van der Waals surface area contributed by atoms with Crippen molar-refractivity contribution in [3.8, 4) is 0 Å². The first-order valence-corrected chi connectivity index (χ1v) is 6.64. The Morgan fingerprint density at radius 2 is 1.67 bits per heavy atom. The molecule has 98 valence electrons. The van der Waals surface area contributed by atoms with E-state index in [9.17, 15) is 4.79 Å². The van der Waals surface area contributed by atoms with Crippen LogP contribution in [0.3, 0.4) is 0 Å². The number of Topliss-reactive ketones (excluding diaryl/α,β-unsaturated/α-hetero) is 1. The van der Waals surface area contributed by atoms with E-state index in [0.717, 1.165) is 19.4 Å². The fourth-order valence-electron chi connectivity index (χ4n) is 3.32. The fraction of sp³-hybridized carbons (Fsp3) is 0.533. The van der Waals surface area contributed by atoms with Crippen molar-refractivity contribution in [2.75, 3.05) is 0 Å². The molecule has 18 heavy (non-hydrogen) atoms. The number of ketones is 1. The predicted molar refractivity (Wildman–Crippen MR) is 74.9 cm³/mol. The molecule has 2 aliphatic heterocycles. The van der Waals surface area contributed by atoms with E-state index in [1.54, 1.807) is 0 Å². The number of nitrogens with zero attached hydrogens (tertiary/aromatic N) is 1. The third-order valence-electron chi connectivity index (χ3n) is 4.15. The second kappa shape index (κ2) is 5.85. The first kappa shape index (κ1) is 13.6. The van der Waals surface area contributed by atoms with Crippen LogP contribution in [0.25, 0.3) is 0 Å². The van der Waals surface area contributed by atoms with E-state index >= 15 is 0 Å². The Hall–Kier alpha value is -0.860. The summed E-state index contributed by atoms with van der Waals surface area (Å²) >= 11 is 0. The Kier molecular flexibility index (Phi) is 4.41. The molecule has 3 heteroatoms. The first-order chi connectivity index (χ1) is 8.33. The molecule has 0 aliphatic carbocycles. The third kappa shape index (κ3) is 2.76. The molecular weight excluding hydrogens is 246 g/mol. The van der Waals surface area contributed by atoms with Crippen LogP contribution in [0.4, 0.5) is 0 Å². The van der Waals surface area contributed by atoms with Gasteiger partial charge in [0.15, 0.2) is 0 Å². The number of piperidine rings is 2. The lowest BCUT2D eigenvalue weighted by Gasteiger charge is -2.45. The number of halogens is 1. The summed E-state index contributed by atoms with van der Waals surface area (Å²) in [5.41, 5.74) is 1.37. The van der Waals surface area contributed by atoms with Gasteiger partial charge in [0.1, 0.15) is 5.78 Å². The minimum atomic E-state index is 0. The lowest BCUT2D eigenvalue weighted by molar-refractivity contribution is -0.127. The van der Waals surface area contributed by atoms with E-state index in [1.165, 1.54) is 24.8 Å². The molecule has 2 saturated heterocycles. The van der Waals surface area contributed by atoms with E-state index < -0.39 is 0 Å². The summed E-state index contributed by atoms with van der Waals surface area (Å²) in [6.45, 7) is 1.02. The van der Waals surface area contributed by atoms with E-state index in [1.807, 2.05) is 0 Å². The average molecular weight is 266 g/mol. The molecule has 2 aliphatic rings. The topological polar surface area (TPSA) is 20.3 Å². The van der Waals surface area contributed by atoms with Gasteiger partial charge in [-0.2, -0.15) is 0 Å². The minimum Gasteiger partial charge on any atom is -0.300 e. The molecule has 0 N–H and O–H groups in total. The van der Waals surface area contributed by atoms with E-state index in [0.29, 0.717) is 17.9 Å². The summed E-state index contributed by atoms with van der Waals surface area (Å²) in [7, 11) is 0. The molecular formula is C15H20ClNO. The SMILES string of the molecule is Cl.O=C1CC2CCCC(C1)N2Cc1ccccc1. The zero-order chi connectivity index (χ0) is 11.7. The van der Waals surface area contributed by atoms with Crippen molar-refractivity contribution in [1.82, 2.24) is 4.90 Å². The highest BCUT2D eigenvalue weighted by Crippen LogP contribution is 2.33. The van der Waals surface area contributed by atoms with Crippen LogP contribution in [0.1, 0.15) is 37.7 Å². The van der Waals surface area contributed by atoms with Gasteiger partial charge >= 0.3 is 0 Å². The molecule has 2 nitrogen and oxygen atoms in total. The number of carbonyl (C=O) groups is 1. The zero-order valence-corrected chi connectivity index (χ0v) is 11.4. The van der Waals surface area contributed by atoms with Crippen LogP contribution in [0.2, 0.25) is 0 Å². The number of hydrogen-bond acceptors (Lipinski definition) is 2. The maximum Gasteiger partial charge on any atom is 0.136 e. The quantitative estimate of drug-likeness (QED) is 0.819. The Morgan fingerprint density at radius 1 is 1.06 bits per heavy atom. The lowest BCUT2D eigenvalue weighted by Crippen LogP contribution is -2.51. The number of fused-ring (bicyclic) bond motifs is 2. The lowest BCUT2D eigenvalue weighted by atomic mass is 9.83. The molecule has 0 radical (unpaired) electrons. The highest BCUT2D eigenvalue weighted by Gasteiger charge is 2.37. The second-order valence-electron chi connectivity index (χ2n) is 5.34. The van der Waals surface area contributed by atoms with Crippen molar-refractivity contribution in [1.29, 1.82) is 0 Å². The molecule has 3 rings (SSSR count). The Morgan fingerprint density at radius 3 is 2.28 bits per heavy atom. The number of rotatable bonds is 2. The Balaban J connectivity index is 0.00000120. The highest BCUT2D eigenvalue weighted by atomic mass is 35.5. The molecule has 0 aromatic heterocycles. The monoisotopic (exact) mass is 265 g/mol. The summed E-state index contributed by atoms with van der Waals surface area (Å²) in [4.78, 5) is 14.2. The average Bonchev–Trinajstić information content (AvgIpc) is 2.32. The van der Waals surface area contributed by atoms with Gasteiger partial charge in [0.25, 0.3) is 0 Å². The molecule has 0 amide bonds. The normalized spacial score (nSPS) is 27.7. The van der Waals surface area contributed by atoms with E-state index in [-0.39, 0.29) is 12.4 Å². The summed E-state index contributed by atoms with van der Waals surface area (Å²) in [6.07, 6.45) is 5.27. The Labute approximate surface area is 115 Å². The fourth-order valence-corrected chi connectivity index (χ4v) is 3.32. The van der Waals surface area contributed by atoms with Crippen LogP contribution < -0.4 is 0 Å². The van der Waals surface area contributed by atoms with Crippen molar-refractivity contribution < 1.29 is 4.79 Å². The highest BCUT2D eigenvalue weighted by molar-refractivity contribution is 5.85. The second-order valence-corrected chi connectivity index (χ2v) is 5.34. The molecule has 2 unspecified atom stereocenters. The summed E-state index contributed by atoms with van der Waals surface area (Å²) in [5.74, 6) is 0.476. The van der Waals surface area contributed by atoms with Gasteiger partial charge in [-0.05, 0) is 18.4 Å². The molecule has 2 heterocycles. The van der Waals surface area contributed by atoms with Crippen molar-refractivity contribution in [3.63, 3.8) is 0 Å². The minimum absolute atomic E-state index is 0. The number of benzene rings is 1. The van der Waals surface area contributed by atoms with Crippen molar-refractivity contribution >= 4 is 18.2 Å². The molecule has 2 atom stereocenters. The van der Waals surface area contributed by atoms with Crippen molar-refractivity contribution in [2.24, 2.45) is 0 Å². The van der Waals surface area contributed by atoms with Gasteiger partial charge in [0.05, 0.1) is 0 Å². The number of hydrogen-bond donors (Lipinski definition) is 0. The largest absolute Gasteiger partial charge is 0.300 e. The van der Waals surface area contributed by atoms with Crippen LogP contribution in [0, 0.1) is 0 Å². The molecule has 0 spiro atoms. The third-order valence-corrected chi connectivity index (χ3v) is 4.15. The molecule has 1 aromatic carbocycles. The van der Waals surface area contributed by atoms with Gasteiger partial charge in [-0.15, -0.1) is 12.4 Å². The zero-order valence-electron chi connectivity index (χ0n) is 10.5. The van der Waals surface area contributed by atoms with Crippen molar-refractivity contribution in [2.45, 2.75) is 50.7 Å². The molecule has 1 aromatic rings. The summed E-state index contributed by atoms with van der Waals surface area (Å²) in [5, 5.41) is 0. The van der Waals surface area contributed by atoms with E-state index in [4.69, 9.17) is 0 Å². The predicted octanol–water partition coefficient (Wildman–Crippen LogP) is 3.19. The summed E-state index contributed by atoms with van der Waals surface area (Å²) < 4.78 is 0. The van der Waals surface area contributed by atoms with Gasteiger partial charge in [0.2, 0.25) is 0 Å². The van der Waals surface area contributed by atoms with Crippen molar-refractivity contribution in [3.05, 3.63) is 35.9 Å². The van der Waals surface area contributed by atoms with Gasteiger partial charge in [0, 0.05) is 31.5 Å². The first-order valence-electron chi connectivity index (χ1n) is 6.64. The van der Waals surface area contributed by atoms with Crippen LogP contribution in [0.5, 0.6) is 0 Å². The smallest absolute Gasteiger partial charge is 0.136 e. The standard InChI is InChI=1S/C15H19NO.ClH/c17-15-9-13-7-4-8-14(10-15)16(13)11-12-5-2-1-3-6-12;/h1-3,5-6,13-14H,4,7-11H2;1H. The van der Waals surface area contributed by atoms with Gasteiger partial charge in [-0.25, -0.2) is 0 Å².